The SMILES string of the molecule is CCC(N=Cc1ccoc1O)c1ccccc1. The Kier molecular flexibility index (Phi) is 3.60. The fourth-order valence-electron chi connectivity index (χ4n) is 1.68. The summed E-state index contributed by atoms with van der Waals surface area (Å²) in [5.41, 5.74) is 1.79. The first-order chi connectivity index (χ1) is 8.31. The highest BCUT2D eigenvalue weighted by atomic mass is 16.5. The molecule has 17 heavy (non-hydrogen) atoms. The van der Waals surface area contributed by atoms with E-state index < -0.39 is 0 Å². The van der Waals surface area contributed by atoms with Gasteiger partial charge in [0.15, 0.2) is 0 Å². The first-order valence-corrected chi connectivity index (χ1v) is 5.66. The van der Waals surface area contributed by atoms with Crippen molar-refractivity contribution in [3.8, 4) is 5.95 Å². The van der Waals surface area contributed by atoms with E-state index in [9.17, 15) is 5.11 Å². The molecular weight excluding hydrogens is 214 g/mol. The smallest absolute Gasteiger partial charge is 0.290 e. The van der Waals surface area contributed by atoms with Gasteiger partial charge in [0.25, 0.3) is 5.95 Å². The Hall–Kier alpha value is -2.03. The van der Waals surface area contributed by atoms with Crippen molar-refractivity contribution in [2.75, 3.05) is 0 Å². The van der Waals surface area contributed by atoms with Gasteiger partial charge in [-0.15, -0.1) is 0 Å². The lowest BCUT2D eigenvalue weighted by Gasteiger charge is -2.09. The molecule has 0 spiro atoms. The number of aliphatic imine (C=N–C) groups is 1. The summed E-state index contributed by atoms with van der Waals surface area (Å²) in [6.45, 7) is 2.09. The van der Waals surface area contributed by atoms with Crippen LogP contribution >= 0.6 is 0 Å². The van der Waals surface area contributed by atoms with Crippen molar-refractivity contribution in [3.63, 3.8) is 0 Å². The number of furan rings is 1. The van der Waals surface area contributed by atoms with Gasteiger partial charge in [0.05, 0.1) is 17.9 Å². The van der Waals surface area contributed by atoms with Crippen LogP contribution in [0, 0.1) is 0 Å². The summed E-state index contributed by atoms with van der Waals surface area (Å²) in [6, 6.07) is 11.9. The first kappa shape index (κ1) is 11.5. The number of hydrogen-bond donors (Lipinski definition) is 1. The molecule has 0 fully saturated rings. The summed E-state index contributed by atoms with van der Waals surface area (Å²) in [7, 11) is 0. The maximum atomic E-state index is 9.35. The number of rotatable bonds is 4. The molecule has 1 N–H and O–H groups in total. The first-order valence-electron chi connectivity index (χ1n) is 5.66. The fourth-order valence-corrected chi connectivity index (χ4v) is 1.68. The summed E-state index contributed by atoms with van der Waals surface area (Å²) < 4.78 is 4.80. The monoisotopic (exact) mass is 229 g/mol. The van der Waals surface area contributed by atoms with Gasteiger partial charge in [-0.05, 0) is 18.1 Å². The molecule has 0 saturated heterocycles. The van der Waals surface area contributed by atoms with Crippen LogP contribution in [0.3, 0.4) is 0 Å². The zero-order valence-corrected chi connectivity index (χ0v) is 9.71. The third-order valence-electron chi connectivity index (χ3n) is 2.64. The summed E-state index contributed by atoms with van der Waals surface area (Å²) in [6.07, 6.45) is 4.01. The number of benzene rings is 1. The van der Waals surface area contributed by atoms with Crippen LogP contribution in [-0.4, -0.2) is 11.3 Å². The quantitative estimate of drug-likeness (QED) is 0.815. The van der Waals surface area contributed by atoms with Crippen LogP contribution in [-0.2, 0) is 0 Å². The molecule has 88 valence electrons. The maximum absolute atomic E-state index is 9.35. The van der Waals surface area contributed by atoms with E-state index >= 15 is 0 Å². The Morgan fingerprint density at radius 1 is 1.29 bits per heavy atom. The highest BCUT2D eigenvalue weighted by molar-refractivity contribution is 5.82. The van der Waals surface area contributed by atoms with Crippen molar-refractivity contribution < 1.29 is 9.52 Å². The summed E-state index contributed by atoms with van der Waals surface area (Å²) in [5.74, 6) is -0.0864. The lowest BCUT2D eigenvalue weighted by molar-refractivity contribution is 0.332. The highest BCUT2D eigenvalue weighted by Gasteiger charge is 2.06. The van der Waals surface area contributed by atoms with Crippen molar-refractivity contribution in [2.45, 2.75) is 19.4 Å². The summed E-state index contributed by atoms with van der Waals surface area (Å²) in [4.78, 5) is 4.47. The Morgan fingerprint density at radius 3 is 2.65 bits per heavy atom. The van der Waals surface area contributed by atoms with E-state index in [0.29, 0.717) is 5.56 Å². The van der Waals surface area contributed by atoms with Gasteiger partial charge >= 0.3 is 0 Å². The van der Waals surface area contributed by atoms with Gasteiger partial charge in [-0.3, -0.25) is 4.99 Å². The topological polar surface area (TPSA) is 45.7 Å². The lowest BCUT2D eigenvalue weighted by atomic mass is 10.1. The minimum atomic E-state index is -0.0864. The summed E-state index contributed by atoms with van der Waals surface area (Å²) in [5, 5.41) is 9.35. The van der Waals surface area contributed by atoms with Gasteiger partial charge in [0.1, 0.15) is 0 Å². The molecule has 0 bridgehead atoms. The lowest BCUT2D eigenvalue weighted by Crippen LogP contribution is -1.94. The predicted octanol–water partition coefficient (Wildman–Crippen LogP) is 3.56. The minimum Gasteiger partial charge on any atom is -0.480 e. The van der Waals surface area contributed by atoms with Gasteiger partial charge in [-0.1, -0.05) is 37.3 Å². The Morgan fingerprint density at radius 2 is 2.06 bits per heavy atom. The Labute approximate surface area is 100 Å². The van der Waals surface area contributed by atoms with Gasteiger partial charge < -0.3 is 9.52 Å². The summed E-state index contributed by atoms with van der Waals surface area (Å²) >= 11 is 0. The molecule has 3 nitrogen and oxygen atoms in total. The van der Waals surface area contributed by atoms with Gasteiger partial charge in [0, 0.05) is 6.21 Å². The maximum Gasteiger partial charge on any atom is 0.290 e. The molecule has 1 aromatic heterocycles. The van der Waals surface area contributed by atoms with Crippen molar-refractivity contribution in [3.05, 3.63) is 53.8 Å². The zero-order chi connectivity index (χ0) is 12.1. The van der Waals surface area contributed by atoms with Crippen molar-refractivity contribution in [2.24, 2.45) is 4.99 Å². The van der Waals surface area contributed by atoms with Crippen molar-refractivity contribution in [1.82, 2.24) is 0 Å². The molecule has 1 atom stereocenters. The molecule has 1 aromatic carbocycles. The molecule has 1 heterocycles. The molecule has 0 aliphatic heterocycles. The average molecular weight is 229 g/mol. The van der Waals surface area contributed by atoms with Crippen LogP contribution in [0.4, 0.5) is 0 Å². The largest absolute Gasteiger partial charge is 0.480 e. The molecule has 0 aliphatic rings. The number of nitrogens with zero attached hydrogens (tertiary/aromatic N) is 1. The molecule has 0 aliphatic carbocycles. The van der Waals surface area contributed by atoms with E-state index in [4.69, 9.17) is 4.42 Å². The molecule has 3 heteroatoms. The minimum absolute atomic E-state index is 0.0864. The van der Waals surface area contributed by atoms with Crippen LogP contribution in [0.2, 0.25) is 0 Å². The van der Waals surface area contributed by atoms with Crippen molar-refractivity contribution in [1.29, 1.82) is 0 Å². The van der Waals surface area contributed by atoms with E-state index in [1.807, 2.05) is 18.2 Å². The standard InChI is InChI=1S/C14H15NO2/c1-2-13(11-6-4-3-5-7-11)15-10-12-8-9-17-14(12)16/h3-10,13,16H,2H2,1H3. The van der Waals surface area contributed by atoms with E-state index in [1.54, 1.807) is 12.3 Å². The fraction of sp³-hybridized carbons (Fsp3) is 0.214. The Bertz CT molecular complexity index is 488. The van der Waals surface area contributed by atoms with Crippen LogP contribution in [0.1, 0.15) is 30.5 Å². The van der Waals surface area contributed by atoms with Crippen LogP contribution < -0.4 is 0 Å². The van der Waals surface area contributed by atoms with Crippen LogP contribution in [0.5, 0.6) is 5.95 Å². The van der Waals surface area contributed by atoms with Crippen molar-refractivity contribution >= 4 is 6.21 Å². The van der Waals surface area contributed by atoms with Crippen LogP contribution in [0.15, 0.2) is 52.1 Å². The van der Waals surface area contributed by atoms with E-state index in [-0.39, 0.29) is 12.0 Å². The third kappa shape index (κ3) is 2.75. The Balaban J connectivity index is 2.16. The zero-order valence-electron chi connectivity index (χ0n) is 9.71. The average Bonchev–Trinajstić information content (AvgIpc) is 2.77. The number of aromatic hydroxyl groups is 1. The molecule has 0 radical (unpaired) electrons. The second-order valence-electron chi connectivity index (χ2n) is 3.79. The molecule has 0 saturated carbocycles. The van der Waals surface area contributed by atoms with E-state index in [2.05, 4.69) is 24.0 Å². The molecule has 2 rings (SSSR count). The molecule has 1 unspecified atom stereocenters. The predicted molar refractivity (Wildman–Crippen MR) is 67.4 cm³/mol. The van der Waals surface area contributed by atoms with Crippen LogP contribution in [0.25, 0.3) is 0 Å². The third-order valence-corrected chi connectivity index (χ3v) is 2.64. The normalized spacial score (nSPS) is 13.0. The van der Waals surface area contributed by atoms with Gasteiger partial charge in [0.2, 0.25) is 0 Å². The molecule has 0 amide bonds. The second kappa shape index (κ2) is 5.34. The molecule has 2 aromatic rings. The van der Waals surface area contributed by atoms with Gasteiger partial charge in [-0.25, -0.2) is 0 Å². The molecular formula is C14H15NO2. The van der Waals surface area contributed by atoms with E-state index in [0.717, 1.165) is 6.42 Å². The van der Waals surface area contributed by atoms with Gasteiger partial charge in [-0.2, -0.15) is 0 Å². The van der Waals surface area contributed by atoms with E-state index in [1.165, 1.54) is 11.8 Å². The highest BCUT2D eigenvalue weighted by Crippen LogP contribution is 2.22. The second-order valence-corrected chi connectivity index (χ2v) is 3.79. The number of hydrogen-bond acceptors (Lipinski definition) is 3.